The molecule has 2 heterocycles. The molecule has 0 amide bonds. The number of rotatable bonds is 6. The highest BCUT2D eigenvalue weighted by molar-refractivity contribution is 5.67. The molecule has 1 aliphatic heterocycles. The van der Waals surface area contributed by atoms with Gasteiger partial charge in [-0.3, -0.25) is 4.79 Å². The molecule has 32 heavy (non-hydrogen) atoms. The van der Waals surface area contributed by atoms with Crippen molar-refractivity contribution in [1.29, 1.82) is 0 Å². The zero-order valence-electron chi connectivity index (χ0n) is 18.4. The lowest BCUT2D eigenvalue weighted by atomic mass is 10.1. The van der Waals surface area contributed by atoms with Crippen LogP contribution in [0.1, 0.15) is 0 Å². The van der Waals surface area contributed by atoms with E-state index in [4.69, 9.17) is 9.47 Å². The summed E-state index contributed by atoms with van der Waals surface area (Å²) >= 11 is 0. The Hall–Kier alpha value is -3.72. The van der Waals surface area contributed by atoms with Crippen LogP contribution in [0.3, 0.4) is 0 Å². The number of aromatic nitrogens is 2. The molecule has 9 heteroatoms. The molecule has 1 N–H and O–H groups in total. The fourth-order valence-electron chi connectivity index (χ4n) is 3.73. The van der Waals surface area contributed by atoms with E-state index in [2.05, 4.69) is 15.3 Å². The standard InChI is InChI=1S/C23H26N5O4/c1-24-20-15-19(16-5-4-6-18(13-16)31-3)25-28(23(20)29)22-14-17(7-8-21(22)26(2)30)27-9-11-32-12-10-27/h4-8,13-15,24H,9-12H2,1-3H3/q+1. The fraction of sp³-hybridized carbons (Fsp3) is 0.304. The van der Waals surface area contributed by atoms with Crippen molar-refractivity contribution in [3.8, 4) is 22.7 Å². The Morgan fingerprint density at radius 1 is 1.12 bits per heavy atom. The van der Waals surface area contributed by atoms with Crippen LogP contribution in [0.2, 0.25) is 0 Å². The van der Waals surface area contributed by atoms with Gasteiger partial charge in [-0.25, -0.2) is 0 Å². The van der Waals surface area contributed by atoms with Gasteiger partial charge in [-0.15, -0.1) is 0 Å². The van der Waals surface area contributed by atoms with Gasteiger partial charge in [0.05, 0.1) is 26.0 Å². The average molecular weight is 436 g/mol. The van der Waals surface area contributed by atoms with Crippen molar-refractivity contribution >= 4 is 17.1 Å². The first-order valence-corrected chi connectivity index (χ1v) is 10.4. The molecular weight excluding hydrogens is 410 g/mol. The molecule has 0 aliphatic carbocycles. The van der Waals surface area contributed by atoms with Crippen molar-refractivity contribution in [3.63, 3.8) is 0 Å². The molecule has 1 aromatic heterocycles. The minimum Gasteiger partial charge on any atom is -0.497 e. The lowest BCUT2D eigenvalue weighted by Gasteiger charge is -2.29. The highest BCUT2D eigenvalue weighted by atomic mass is 16.5. The Morgan fingerprint density at radius 3 is 2.59 bits per heavy atom. The molecule has 3 aromatic rings. The number of nitroso groups, excluding NO2 is 1. The minimum atomic E-state index is -0.346. The molecule has 0 bridgehead atoms. The first-order chi connectivity index (χ1) is 15.5. The molecule has 9 nitrogen and oxygen atoms in total. The highest BCUT2D eigenvalue weighted by Crippen LogP contribution is 2.29. The van der Waals surface area contributed by atoms with Gasteiger partial charge in [0, 0.05) is 47.1 Å². The number of hydrogen-bond donors (Lipinski definition) is 1. The van der Waals surface area contributed by atoms with Crippen molar-refractivity contribution in [2.24, 2.45) is 0 Å². The first-order valence-electron chi connectivity index (χ1n) is 10.4. The summed E-state index contributed by atoms with van der Waals surface area (Å²) in [5.74, 6) is 0.683. The number of benzene rings is 2. The number of nitrogens with zero attached hydrogens (tertiary/aromatic N) is 4. The second-order valence-electron chi connectivity index (χ2n) is 7.41. The van der Waals surface area contributed by atoms with Gasteiger partial charge in [-0.2, -0.15) is 9.78 Å². The van der Waals surface area contributed by atoms with Gasteiger partial charge in [0.25, 0.3) is 11.2 Å². The van der Waals surface area contributed by atoms with Crippen molar-refractivity contribution in [2.45, 2.75) is 0 Å². The summed E-state index contributed by atoms with van der Waals surface area (Å²) in [6, 6.07) is 14.6. The molecule has 0 spiro atoms. The SMILES string of the molecule is CNc1cc(-c2cccc(OC)c2)nn(-c2cc(N3CCOCC3)ccc2[N+](C)=O)c1=O. The predicted octanol–water partition coefficient (Wildman–Crippen LogP) is 2.83. The zero-order valence-corrected chi connectivity index (χ0v) is 18.4. The summed E-state index contributed by atoms with van der Waals surface area (Å²) in [7, 11) is 4.68. The number of nitrogens with one attached hydrogen (secondary N) is 1. The zero-order chi connectivity index (χ0) is 22.7. The van der Waals surface area contributed by atoms with Crippen LogP contribution in [0.15, 0.2) is 53.3 Å². The Kier molecular flexibility index (Phi) is 6.18. The molecule has 0 unspecified atom stereocenters. The van der Waals surface area contributed by atoms with Crippen LogP contribution in [-0.4, -0.2) is 62.0 Å². The summed E-state index contributed by atoms with van der Waals surface area (Å²) in [5.41, 5.74) is 3.05. The summed E-state index contributed by atoms with van der Waals surface area (Å²) in [5, 5.41) is 7.57. The Balaban J connectivity index is 1.91. The summed E-state index contributed by atoms with van der Waals surface area (Å²) in [6.45, 7) is 2.73. The van der Waals surface area contributed by atoms with E-state index in [1.807, 2.05) is 36.4 Å². The molecule has 0 radical (unpaired) electrons. The lowest BCUT2D eigenvalue weighted by Crippen LogP contribution is -2.36. The molecule has 0 atom stereocenters. The van der Waals surface area contributed by atoms with Crippen LogP contribution < -0.4 is 20.5 Å². The molecule has 166 valence electrons. The van der Waals surface area contributed by atoms with Crippen LogP contribution in [0.5, 0.6) is 5.75 Å². The third-order valence-corrected chi connectivity index (χ3v) is 5.45. The van der Waals surface area contributed by atoms with E-state index in [1.54, 1.807) is 26.3 Å². The first kappa shape index (κ1) is 21.5. The summed E-state index contributed by atoms with van der Waals surface area (Å²) < 4.78 is 12.8. The third-order valence-electron chi connectivity index (χ3n) is 5.45. The van der Waals surface area contributed by atoms with Crippen molar-refractivity contribution in [3.05, 3.63) is 63.8 Å². The van der Waals surface area contributed by atoms with Crippen LogP contribution in [0.25, 0.3) is 16.9 Å². The molecule has 4 rings (SSSR count). The van der Waals surface area contributed by atoms with Gasteiger partial charge >= 0.3 is 0 Å². The summed E-state index contributed by atoms with van der Waals surface area (Å²) in [6.07, 6.45) is 0. The second kappa shape index (κ2) is 9.19. The topological polar surface area (TPSA) is 88.7 Å². The number of ether oxygens (including phenoxy) is 2. The van der Waals surface area contributed by atoms with Crippen LogP contribution in [0, 0.1) is 4.91 Å². The van der Waals surface area contributed by atoms with E-state index in [0.29, 0.717) is 41.7 Å². The maximum absolute atomic E-state index is 13.2. The lowest BCUT2D eigenvalue weighted by molar-refractivity contribution is -0.428. The number of morpholine rings is 1. The molecule has 1 aliphatic rings. The van der Waals surface area contributed by atoms with Gasteiger partial charge in [0.1, 0.15) is 17.1 Å². The van der Waals surface area contributed by atoms with E-state index < -0.39 is 0 Å². The van der Waals surface area contributed by atoms with Gasteiger partial charge < -0.3 is 19.7 Å². The van der Waals surface area contributed by atoms with Crippen LogP contribution >= 0.6 is 0 Å². The van der Waals surface area contributed by atoms with E-state index in [0.717, 1.165) is 29.1 Å². The van der Waals surface area contributed by atoms with Gasteiger partial charge in [0.2, 0.25) is 0 Å². The van der Waals surface area contributed by atoms with Crippen LogP contribution in [-0.2, 0) is 4.74 Å². The smallest absolute Gasteiger partial charge is 0.295 e. The van der Waals surface area contributed by atoms with Crippen molar-refractivity contribution in [1.82, 2.24) is 9.78 Å². The Bertz CT molecular complexity index is 1200. The van der Waals surface area contributed by atoms with E-state index in [9.17, 15) is 9.70 Å². The molecule has 0 saturated carbocycles. The van der Waals surface area contributed by atoms with Crippen molar-refractivity contribution < 1.29 is 14.2 Å². The Labute approximate surface area is 185 Å². The predicted molar refractivity (Wildman–Crippen MR) is 124 cm³/mol. The number of methoxy groups -OCH3 is 1. The average Bonchev–Trinajstić information content (AvgIpc) is 2.84. The van der Waals surface area contributed by atoms with Crippen LogP contribution in [0.4, 0.5) is 17.1 Å². The maximum Gasteiger partial charge on any atom is 0.295 e. The number of hydrogen-bond acceptors (Lipinski definition) is 7. The second-order valence-corrected chi connectivity index (χ2v) is 7.41. The van der Waals surface area contributed by atoms with Gasteiger partial charge in [-0.05, 0) is 30.3 Å². The normalized spacial score (nSPS) is 13.7. The Morgan fingerprint density at radius 2 is 1.91 bits per heavy atom. The summed E-state index contributed by atoms with van der Waals surface area (Å²) in [4.78, 5) is 27.7. The van der Waals surface area contributed by atoms with Crippen molar-refractivity contribution in [2.75, 3.05) is 57.7 Å². The minimum absolute atomic E-state index is 0.346. The molecular formula is C23H26N5O4+. The van der Waals surface area contributed by atoms with Gasteiger partial charge in [-0.1, -0.05) is 12.1 Å². The molecule has 1 fully saturated rings. The van der Waals surface area contributed by atoms with Gasteiger partial charge in [0.15, 0.2) is 7.05 Å². The number of anilines is 2. The van der Waals surface area contributed by atoms with E-state index in [-0.39, 0.29) is 5.56 Å². The highest BCUT2D eigenvalue weighted by Gasteiger charge is 2.23. The van der Waals surface area contributed by atoms with E-state index in [1.165, 1.54) is 11.7 Å². The largest absolute Gasteiger partial charge is 0.497 e. The maximum atomic E-state index is 13.2. The third kappa shape index (κ3) is 4.19. The molecule has 1 saturated heterocycles. The fourth-order valence-corrected chi connectivity index (χ4v) is 3.73. The monoisotopic (exact) mass is 436 g/mol. The molecule has 2 aromatic carbocycles. The quantitative estimate of drug-likeness (QED) is 0.595. The van der Waals surface area contributed by atoms with E-state index >= 15 is 0 Å².